The van der Waals surface area contributed by atoms with Crippen molar-refractivity contribution < 1.29 is 4.74 Å². The molecule has 17 heavy (non-hydrogen) atoms. The lowest BCUT2D eigenvalue weighted by Gasteiger charge is -2.12. The van der Waals surface area contributed by atoms with Crippen LogP contribution in [0.4, 0.5) is 0 Å². The van der Waals surface area contributed by atoms with E-state index in [1.54, 1.807) is 7.11 Å². The Morgan fingerprint density at radius 1 is 1.47 bits per heavy atom. The van der Waals surface area contributed by atoms with E-state index in [4.69, 9.17) is 16.3 Å². The minimum absolute atomic E-state index is 0.206. The zero-order valence-electron chi connectivity index (χ0n) is 10.6. The molecule has 0 fully saturated rings. The smallest absolute Gasteiger partial charge is 0.128 e. The van der Waals surface area contributed by atoms with E-state index in [9.17, 15) is 0 Å². The molecule has 1 aliphatic rings. The topological polar surface area (TPSA) is 22.1 Å². The van der Waals surface area contributed by atoms with E-state index < -0.39 is 0 Å². The third-order valence-electron chi connectivity index (χ3n) is 3.30. The van der Waals surface area contributed by atoms with Crippen molar-refractivity contribution in [2.24, 2.45) is 0 Å². The van der Waals surface area contributed by atoms with Crippen molar-refractivity contribution in [1.29, 1.82) is 0 Å². The van der Waals surface area contributed by atoms with Crippen LogP contribution in [0.15, 0.2) is 17.8 Å². The molecule has 0 bridgehead atoms. The summed E-state index contributed by atoms with van der Waals surface area (Å²) >= 11 is 6.08. The largest absolute Gasteiger partial charge is 0.496 e. The Kier molecular flexibility index (Phi) is 3.72. The number of alkyl halides is 1. The Morgan fingerprint density at radius 2 is 2.24 bits per heavy atom. The minimum atomic E-state index is 0.206. The molecule has 1 atom stereocenters. The fraction of sp³-hybridized carbons (Fsp3) is 0.500. The van der Waals surface area contributed by atoms with Gasteiger partial charge in [0.15, 0.2) is 0 Å². The average Bonchev–Trinajstić information content (AvgIpc) is 2.69. The first-order valence-electron chi connectivity index (χ1n) is 5.94. The molecule has 2 nitrogen and oxygen atoms in total. The second kappa shape index (κ2) is 5.09. The van der Waals surface area contributed by atoms with Gasteiger partial charge in [0.2, 0.25) is 0 Å². The molecule has 0 radical (unpaired) electrons. The highest BCUT2D eigenvalue weighted by atomic mass is 35.5. The Bertz CT molecular complexity index is 454. The van der Waals surface area contributed by atoms with Crippen LogP contribution in [0.1, 0.15) is 29.7 Å². The van der Waals surface area contributed by atoms with Crippen LogP contribution in [-0.4, -0.2) is 17.5 Å². The standard InChI is InChI=1S/C14H18ClNO/c1-9-8-16-13(10(2)14(9)17-3)7-11-4-5-12(15)6-11/h6,8,12H,4-5,7H2,1-3H3. The summed E-state index contributed by atoms with van der Waals surface area (Å²) in [6.45, 7) is 4.09. The van der Waals surface area contributed by atoms with Crippen molar-refractivity contribution in [3.63, 3.8) is 0 Å². The SMILES string of the molecule is COc1c(C)cnc(CC2=CC(Cl)CC2)c1C. The monoisotopic (exact) mass is 251 g/mol. The molecule has 1 aliphatic carbocycles. The number of hydrogen-bond donors (Lipinski definition) is 0. The Balaban J connectivity index is 2.25. The maximum atomic E-state index is 6.08. The van der Waals surface area contributed by atoms with Gasteiger partial charge >= 0.3 is 0 Å². The van der Waals surface area contributed by atoms with Gasteiger partial charge in [-0.3, -0.25) is 4.98 Å². The van der Waals surface area contributed by atoms with Gasteiger partial charge in [0.05, 0.1) is 18.2 Å². The molecule has 1 heterocycles. The van der Waals surface area contributed by atoms with Crippen LogP contribution in [0, 0.1) is 13.8 Å². The molecule has 1 aromatic rings. The average molecular weight is 252 g/mol. The molecule has 0 spiro atoms. The highest BCUT2D eigenvalue weighted by Gasteiger charge is 2.16. The molecule has 0 N–H and O–H groups in total. The van der Waals surface area contributed by atoms with Crippen LogP contribution in [0.25, 0.3) is 0 Å². The summed E-state index contributed by atoms with van der Waals surface area (Å²) in [5.41, 5.74) is 4.73. The maximum absolute atomic E-state index is 6.08. The van der Waals surface area contributed by atoms with Crippen LogP contribution < -0.4 is 4.74 Å². The molecule has 0 aromatic carbocycles. The van der Waals surface area contributed by atoms with Gasteiger partial charge in [-0.05, 0) is 26.7 Å². The summed E-state index contributed by atoms with van der Waals surface area (Å²) in [6.07, 6.45) is 7.08. The van der Waals surface area contributed by atoms with Gasteiger partial charge in [0, 0.05) is 23.7 Å². The van der Waals surface area contributed by atoms with Crippen molar-refractivity contribution in [3.05, 3.63) is 34.7 Å². The van der Waals surface area contributed by atoms with Crippen LogP contribution in [0.2, 0.25) is 0 Å². The number of halogens is 1. The third-order valence-corrected chi connectivity index (χ3v) is 3.65. The molecule has 2 rings (SSSR count). The van der Waals surface area contributed by atoms with Crippen molar-refractivity contribution in [3.8, 4) is 5.75 Å². The molecule has 0 saturated carbocycles. The zero-order chi connectivity index (χ0) is 12.4. The van der Waals surface area contributed by atoms with E-state index in [2.05, 4.69) is 18.0 Å². The first kappa shape index (κ1) is 12.4. The second-order valence-corrected chi connectivity index (χ2v) is 5.16. The Labute approximate surface area is 108 Å². The number of ether oxygens (including phenoxy) is 1. The molecular formula is C14H18ClNO. The molecule has 1 aromatic heterocycles. The van der Waals surface area contributed by atoms with Gasteiger partial charge in [-0.1, -0.05) is 11.6 Å². The molecule has 92 valence electrons. The molecule has 0 amide bonds. The van der Waals surface area contributed by atoms with Crippen molar-refractivity contribution >= 4 is 11.6 Å². The summed E-state index contributed by atoms with van der Waals surface area (Å²) < 4.78 is 5.42. The predicted molar refractivity (Wildman–Crippen MR) is 70.9 cm³/mol. The van der Waals surface area contributed by atoms with Gasteiger partial charge in [-0.2, -0.15) is 0 Å². The molecule has 0 aliphatic heterocycles. The second-order valence-electron chi connectivity index (χ2n) is 4.60. The lowest BCUT2D eigenvalue weighted by Crippen LogP contribution is -2.01. The van der Waals surface area contributed by atoms with E-state index in [1.165, 1.54) is 5.57 Å². The normalized spacial score (nSPS) is 19.3. The minimum Gasteiger partial charge on any atom is -0.496 e. The van der Waals surface area contributed by atoms with Gasteiger partial charge in [0.25, 0.3) is 0 Å². The first-order chi connectivity index (χ1) is 8.11. The summed E-state index contributed by atoms with van der Waals surface area (Å²) in [6, 6.07) is 0. The van der Waals surface area contributed by atoms with Gasteiger partial charge in [-0.15, -0.1) is 11.6 Å². The number of aryl methyl sites for hydroxylation is 1. The Morgan fingerprint density at radius 3 is 2.82 bits per heavy atom. The van der Waals surface area contributed by atoms with E-state index in [1.807, 2.05) is 13.1 Å². The number of aromatic nitrogens is 1. The summed E-state index contributed by atoms with van der Waals surface area (Å²) in [7, 11) is 1.71. The fourth-order valence-corrected chi connectivity index (χ4v) is 2.64. The van der Waals surface area contributed by atoms with E-state index in [0.29, 0.717) is 0 Å². The van der Waals surface area contributed by atoms with Crippen LogP contribution in [-0.2, 0) is 6.42 Å². The number of pyridine rings is 1. The maximum Gasteiger partial charge on any atom is 0.128 e. The number of methoxy groups -OCH3 is 1. The number of hydrogen-bond acceptors (Lipinski definition) is 2. The van der Waals surface area contributed by atoms with Crippen LogP contribution in [0.3, 0.4) is 0 Å². The lowest BCUT2D eigenvalue weighted by atomic mass is 10.0. The summed E-state index contributed by atoms with van der Waals surface area (Å²) in [4.78, 5) is 4.51. The first-order valence-corrected chi connectivity index (χ1v) is 6.38. The molecule has 0 saturated heterocycles. The van der Waals surface area contributed by atoms with E-state index in [0.717, 1.165) is 41.8 Å². The fourth-order valence-electron chi connectivity index (χ4n) is 2.36. The number of allylic oxidation sites excluding steroid dienone is 2. The Hall–Kier alpha value is -1.02. The van der Waals surface area contributed by atoms with Gasteiger partial charge in [0.1, 0.15) is 5.75 Å². The van der Waals surface area contributed by atoms with E-state index >= 15 is 0 Å². The summed E-state index contributed by atoms with van der Waals surface area (Å²) in [5, 5.41) is 0.206. The van der Waals surface area contributed by atoms with E-state index in [-0.39, 0.29) is 5.38 Å². The predicted octanol–water partition coefficient (Wildman–Crippen LogP) is 3.58. The highest BCUT2D eigenvalue weighted by molar-refractivity contribution is 6.22. The van der Waals surface area contributed by atoms with Crippen molar-refractivity contribution in [1.82, 2.24) is 4.98 Å². The molecule has 1 unspecified atom stereocenters. The van der Waals surface area contributed by atoms with Crippen LogP contribution in [0.5, 0.6) is 5.75 Å². The quantitative estimate of drug-likeness (QED) is 0.605. The van der Waals surface area contributed by atoms with Crippen molar-refractivity contribution in [2.45, 2.75) is 38.5 Å². The van der Waals surface area contributed by atoms with Gasteiger partial charge in [-0.25, -0.2) is 0 Å². The third kappa shape index (κ3) is 2.63. The van der Waals surface area contributed by atoms with Crippen molar-refractivity contribution in [2.75, 3.05) is 7.11 Å². The lowest BCUT2D eigenvalue weighted by molar-refractivity contribution is 0.407. The zero-order valence-corrected chi connectivity index (χ0v) is 11.3. The number of rotatable bonds is 3. The molecule has 3 heteroatoms. The molecular weight excluding hydrogens is 234 g/mol. The van der Waals surface area contributed by atoms with Crippen LogP contribution >= 0.6 is 11.6 Å². The number of nitrogens with zero attached hydrogens (tertiary/aromatic N) is 1. The van der Waals surface area contributed by atoms with Gasteiger partial charge < -0.3 is 4.74 Å². The summed E-state index contributed by atoms with van der Waals surface area (Å²) in [5.74, 6) is 0.955. The highest BCUT2D eigenvalue weighted by Crippen LogP contribution is 2.29.